The van der Waals surface area contributed by atoms with Crippen molar-refractivity contribution in [3.05, 3.63) is 35.5 Å². The lowest BCUT2D eigenvalue weighted by atomic mass is 10.1. The highest BCUT2D eigenvalue weighted by molar-refractivity contribution is 5.43. The zero-order chi connectivity index (χ0) is 14.4. The van der Waals surface area contributed by atoms with Gasteiger partial charge in [0.1, 0.15) is 0 Å². The molecule has 2 rings (SSSR count). The maximum atomic E-state index is 5.57. The number of nitrogens with two attached hydrogens (primary N) is 1. The van der Waals surface area contributed by atoms with Crippen LogP contribution in [0.2, 0.25) is 0 Å². The minimum absolute atomic E-state index is 0.565. The lowest BCUT2D eigenvalue weighted by molar-refractivity contribution is 0.354. The minimum atomic E-state index is 0.565. The van der Waals surface area contributed by atoms with Crippen molar-refractivity contribution in [3.8, 4) is 11.5 Å². The monoisotopic (exact) mass is 277 g/mol. The maximum absolute atomic E-state index is 5.57. The van der Waals surface area contributed by atoms with E-state index in [0.717, 1.165) is 18.4 Å². The Morgan fingerprint density at radius 3 is 2.55 bits per heavy atom. The van der Waals surface area contributed by atoms with E-state index < -0.39 is 0 Å². The smallest absolute Gasteiger partial charge is 0.220 e. The van der Waals surface area contributed by atoms with Gasteiger partial charge in [0, 0.05) is 6.42 Å². The fourth-order valence-electron chi connectivity index (χ4n) is 1.88. The lowest BCUT2D eigenvalue weighted by Crippen LogP contribution is -2.00. The van der Waals surface area contributed by atoms with Crippen molar-refractivity contribution in [1.82, 2.24) is 10.2 Å². The summed E-state index contributed by atoms with van der Waals surface area (Å²) >= 11 is 0. The molecule has 0 aliphatic rings. The molecule has 0 unspecified atom stereocenters. The number of rotatable bonds is 7. The molecule has 1 aromatic heterocycles. The third kappa shape index (κ3) is 3.48. The van der Waals surface area contributed by atoms with Crippen LogP contribution < -0.4 is 15.2 Å². The number of hydrogen-bond acceptors (Lipinski definition) is 6. The Kier molecular flexibility index (Phi) is 4.95. The Morgan fingerprint density at radius 1 is 1.10 bits per heavy atom. The highest BCUT2D eigenvalue weighted by Crippen LogP contribution is 2.28. The van der Waals surface area contributed by atoms with Crippen LogP contribution in [0.25, 0.3) is 0 Å². The predicted molar refractivity (Wildman–Crippen MR) is 74.0 cm³/mol. The van der Waals surface area contributed by atoms with Crippen LogP contribution >= 0.6 is 0 Å². The molecule has 1 heterocycles. The fraction of sp³-hybridized carbons (Fsp3) is 0.429. The molecule has 0 atom stereocenters. The van der Waals surface area contributed by atoms with E-state index in [2.05, 4.69) is 10.2 Å². The van der Waals surface area contributed by atoms with E-state index in [1.807, 2.05) is 18.2 Å². The summed E-state index contributed by atoms with van der Waals surface area (Å²) in [7, 11) is 3.22. The van der Waals surface area contributed by atoms with E-state index in [0.29, 0.717) is 36.2 Å². The van der Waals surface area contributed by atoms with Crippen LogP contribution in [0.15, 0.2) is 22.6 Å². The van der Waals surface area contributed by atoms with Gasteiger partial charge in [-0.05, 0) is 30.7 Å². The number of methoxy groups -OCH3 is 2. The molecule has 0 aliphatic heterocycles. The van der Waals surface area contributed by atoms with Crippen LogP contribution in [0.1, 0.15) is 23.8 Å². The summed E-state index contributed by atoms with van der Waals surface area (Å²) < 4.78 is 16.0. The molecular weight excluding hydrogens is 258 g/mol. The standard InChI is InChI=1S/C14H19N3O3/c1-18-11-6-5-10(8-12(11)19-2)9-14-17-16-13(20-14)4-3-7-15/h5-6,8H,3-4,7,9,15H2,1-2H3. The zero-order valence-electron chi connectivity index (χ0n) is 11.8. The summed E-state index contributed by atoms with van der Waals surface area (Å²) in [6.45, 7) is 0.618. The van der Waals surface area contributed by atoms with E-state index in [9.17, 15) is 0 Å². The third-order valence-electron chi connectivity index (χ3n) is 2.91. The van der Waals surface area contributed by atoms with Crippen molar-refractivity contribution in [2.75, 3.05) is 20.8 Å². The molecule has 0 saturated heterocycles. The van der Waals surface area contributed by atoms with Gasteiger partial charge in [0.05, 0.1) is 20.6 Å². The molecule has 20 heavy (non-hydrogen) atoms. The second kappa shape index (κ2) is 6.91. The first kappa shape index (κ1) is 14.3. The lowest BCUT2D eigenvalue weighted by Gasteiger charge is -2.08. The van der Waals surface area contributed by atoms with Crippen LogP contribution in [0.3, 0.4) is 0 Å². The first-order chi connectivity index (χ1) is 9.76. The highest BCUT2D eigenvalue weighted by Gasteiger charge is 2.09. The van der Waals surface area contributed by atoms with Crippen LogP contribution in [-0.4, -0.2) is 31.0 Å². The Balaban J connectivity index is 2.07. The summed E-state index contributed by atoms with van der Waals surface area (Å²) in [6, 6.07) is 5.72. The molecule has 0 bridgehead atoms. The van der Waals surface area contributed by atoms with Crippen molar-refractivity contribution in [1.29, 1.82) is 0 Å². The molecule has 0 radical (unpaired) electrons. The second-order valence-corrected chi connectivity index (χ2v) is 4.35. The number of aromatic nitrogens is 2. The molecular formula is C14H19N3O3. The quantitative estimate of drug-likeness (QED) is 0.827. The van der Waals surface area contributed by atoms with E-state index in [1.54, 1.807) is 14.2 Å². The molecule has 2 N–H and O–H groups in total. The fourth-order valence-corrected chi connectivity index (χ4v) is 1.88. The summed E-state index contributed by atoms with van der Waals surface area (Å²) in [5, 5.41) is 8.03. The van der Waals surface area contributed by atoms with Crippen molar-refractivity contribution >= 4 is 0 Å². The largest absolute Gasteiger partial charge is 0.493 e. The van der Waals surface area contributed by atoms with E-state index in [-0.39, 0.29) is 0 Å². The molecule has 6 heteroatoms. The third-order valence-corrected chi connectivity index (χ3v) is 2.91. The van der Waals surface area contributed by atoms with E-state index in [1.165, 1.54) is 0 Å². The van der Waals surface area contributed by atoms with Gasteiger partial charge in [-0.3, -0.25) is 0 Å². The van der Waals surface area contributed by atoms with Gasteiger partial charge in [0.15, 0.2) is 11.5 Å². The van der Waals surface area contributed by atoms with Gasteiger partial charge < -0.3 is 19.6 Å². The van der Waals surface area contributed by atoms with Crippen LogP contribution in [0.5, 0.6) is 11.5 Å². The molecule has 2 aromatic rings. The number of aryl methyl sites for hydroxylation is 1. The first-order valence-electron chi connectivity index (χ1n) is 6.49. The second-order valence-electron chi connectivity index (χ2n) is 4.35. The molecule has 6 nitrogen and oxygen atoms in total. The maximum Gasteiger partial charge on any atom is 0.220 e. The van der Waals surface area contributed by atoms with Crippen molar-refractivity contribution < 1.29 is 13.9 Å². The average molecular weight is 277 g/mol. The van der Waals surface area contributed by atoms with Gasteiger partial charge in [-0.2, -0.15) is 0 Å². The molecule has 0 spiro atoms. The zero-order valence-corrected chi connectivity index (χ0v) is 11.8. The topological polar surface area (TPSA) is 83.4 Å². The van der Waals surface area contributed by atoms with E-state index >= 15 is 0 Å². The number of benzene rings is 1. The van der Waals surface area contributed by atoms with Gasteiger partial charge in [-0.1, -0.05) is 6.07 Å². The molecule has 108 valence electrons. The van der Waals surface area contributed by atoms with Crippen LogP contribution in [0.4, 0.5) is 0 Å². The van der Waals surface area contributed by atoms with Gasteiger partial charge in [-0.15, -0.1) is 10.2 Å². The van der Waals surface area contributed by atoms with Gasteiger partial charge in [-0.25, -0.2) is 0 Å². The summed E-state index contributed by atoms with van der Waals surface area (Å²) in [5.41, 5.74) is 6.48. The predicted octanol–water partition coefficient (Wildman–Crippen LogP) is 1.57. The number of nitrogens with zero attached hydrogens (tertiary/aromatic N) is 2. The Labute approximate surface area is 117 Å². The van der Waals surface area contributed by atoms with Crippen molar-refractivity contribution in [2.45, 2.75) is 19.3 Å². The molecule has 0 amide bonds. The molecule has 0 saturated carbocycles. The van der Waals surface area contributed by atoms with Gasteiger partial charge in [0.25, 0.3) is 0 Å². The number of ether oxygens (including phenoxy) is 2. The van der Waals surface area contributed by atoms with Crippen LogP contribution in [0, 0.1) is 0 Å². The molecule has 1 aromatic carbocycles. The van der Waals surface area contributed by atoms with Crippen molar-refractivity contribution in [2.24, 2.45) is 5.73 Å². The Morgan fingerprint density at radius 2 is 1.85 bits per heavy atom. The first-order valence-corrected chi connectivity index (χ1v) is 6.49. The number of hydrogen-bond donors (Lipinski definition) is 1. The minimum Gasteiger partial charge on any atom is -0.493 e. The van der Waals surface area contributed by atoms with Gasteiger partial charge in [0.2, 0.25) is 11.8 Å². The molecule has 0 aliphatic carbocycles. The Bertz CT molecular complexity index is 554. The normalized spacial score (nSPS) is 10.6. The SMILES string of the molecule is COc1ccc(Cc2nnc(CCCN)o2)cc1OC. The van der Waals surface area contributed by atoms with E-state index in [4.69, 9.17) is 19.6 Å². The van der Waals surface area contributed by atoms with Gasteiger partial charge >= 0.3 is 0 Å². The summed E-state index contributed by atoms with van der Waals surface area (Å²) in [4.78, 5) is 0. The van der Waals surface area contributed by atoms with Crippen LogP contribution in [-0.2, 0) is 12.8 Å². The van der Waals surface area contributed by atoms with Crippen molar-refractivity contribution in [3.63, 3.8) is 0 Å². The summed E-state index contributed by atoms with van der Waals surface area (Å²) in [5.74, 6) is 2.61. The highest BCUT2D eigenvalue weighted by atomic mass is 16.5. The Hall–Kier alpha value is -2.08. The molecule has 0 fully saturated rings. The average Bonchev–Trinajstić information content (AvgIpc) is 2.92. The summed E-state index contributed by atoms with van der Waals surface area (Å²) in [6.07, 6.45) is 2.13.